The molecule has 0 bridgehead atoms. The molecule has 0 saturated carbocycles. The first-order chi connectivity index (χ1) is 13.8. The molecule has 6 nitrogen and oxygen atoms in total. The van der Waals surface area contributed by atoms with Crippen LogP contribution in [0.3, 0.4) is 0 Å². The van der Waals surface area contributed by atoms with Crippen LogP contribution in [0, 0.1) is 0 Å². The third-order valence-electron chi connectivity index (χ3n) is 4.48. The van der Waals surface area contributed by atoms with Gasteiger partial charge in [-0.25, -0.2) is 9.59 Å². The Morgan fingerprint density at radius 3 is 2.34 bits per heavy atom. The van der Waals surface area contributed by atoms with Crippen molar-refractivity contribution in [1.82, 2.24) is 4.90 Å². The van der Waals surface area contributed by atoms with E-state index in [4.69, 9.17) is 9.15 Å². The molecule has 2 aromatic carbocycles. The Bertz CT molecular complexity index is 1080. The minimum atomic E-state index is -0.883. The molecule has 0 spiro atoms. The monoisotopic (exact) mass is 393 g/mol. The van der Waals surface area contributed by atoms with Crippen LogP contribution in [0.4, 0.5) is 0 Å². The molecule has 0 saturated heterocycles. The largest absolute Gasteiger partial charge is 0.452 e. The number of carbonyl (C=O) groups excluding carboxylic acids is 2. The predicted octanol–water partition coefficient (Wildman–Crippen LogP) is 3.78. The Hall–Kier alpha value is -3.41. The van der Waals surface area contributed by atoms with Crippen LogP contribution in [-0.4, -0.2) is 28.9 Å². The summed E-state index contributed by atoms with van der Waals surface area (Å²) in [5.74, 6) is -1.23. The molecule has 0 atom stereocenters. The van der Waals surface area contributed by atoms with Gasteiger partial charge in [-0.15, -0.1) is 0 Å². The molecule has 6 heteroatoms. The number of fused-ring (bicyclic) bond motifs is 1. The maximum Gasteiger partial charge on any atom is 0.351 e. The lowest BCUT2D eigenvalue weighted by atomic mass is 10.0. The first-order valence-electron chi connectivity index (χ1n) is 9.30. The third-order valence-corrected chi connectivity index (χ3v) is 4.48. The third kappa shape index (κ3) is 4.90. The number of esters is 1. The average Bonchev–Trinajstić information content (AvgIpc) is 2.69. The van der Waals surface area contributed by atoms with Crippen molar-refractivity contribution in [3.63, 3.8) is 0 Å². The molecular weight excluding hydrogens is 370 g/mol. The number of nitrogens with zero attached hydrogens (tertiary/aromatic N) is 1. The van der Waals surface area contributed by atoms with Crippen molar-refractivity contribution in [2.24, 2.45) is 0 Å². The van der Waals surface area contributed by atoms with Gasteiger partial charge >= 0.3 is 11.6 Å². The molecule has 3 aromatic rings. The van der Waals surface area contributed by atoms with Crippen LogP contribution < -0.4 is 5.63 Å². The van der Waals surface area contributed by atoms with Gasteiger partial charge in [0.2, 0.25) is 0 Å². The summed E-state index contributed by atoms with van der Waals surface area (Å²) in [5, 5.41) is 0.603. The van der Waals surface area contributed by atoms with E-state index in [1.54, 1.807) is 29.2 Å². The van der Waals surface area contributed by atoms with Crippen LogP contribution >= 0.6 is 0 Å². The minimum absolute atomic E-state index is 0.234. The van der Waals surface area contributed by atoms with Gasteiger partial charge in [-0.2, -0.15) is 0 Å². The normalized spacial score (nSPS) is 11.3. The summed E-state index contributed by atoms with van der Waals surface area (Å²) in [5.41, 5.74) is -0.148. The fourth-order valence-electron chi connectivity index (χ4n) is 2.95. The molecule has 1 aromatic heterocycles. The van der Waals surface area contributed by atoms with Gasteiger partial charge in [-0.1, -0.05) is 48.5 Å². The summed E-state index contributed by atoms with van der Waals surface area (Å²) >= 11 is 0. The minimum Gasteiger partial charge on any atom is -0.452 e. The van der Waals surface area contributed by atoms with E-state index in [0.29, 0.717) is 17.5 Å². The molecule has 1 heterocycles. The van der Waals surface area contributed by atoms with Crippen LogP contribution in [0.5, 0.6) is 0 Å². The summed E-state index contributed by atoms with van der Waals surface area (Å²) in [6.45, 7) is 5.66. The fraction of sp³-hybridized carbons (Fsp3) is 0.261. The van der Waals surface area contributed by atoms with Gasteiger partial charge in [0.1, 0.15) is 11.1 Å². The lowest BCUT2D eigenvalue weighted by Gasteiger charge is -2.35. The lowest BCUT2D eigenvalue weighted by Crippen LogP contribution is -2.47. The van der Waals surface area contributed by atoms with Crippen LogP contribution in [-0.2, 0) is 16.1 Å². The maximum absolute atomic E-state index is 12.8. The number of para-hydroxylation sites is 1. The first-order valence-corrected chi connectivity index (χ1v) is 9.30. The van der Waals surface area contributed by atoms with Crippen LogP contribution in [0.2, 0.25) is 0 Å². The predicted molar refractivity (Wildman–Crippen MR) is 110 cm³/mol. The van der Waals surface area contributed by atoms with Gasteiger partial charge in [0.25, 0.3) is 5.91 Å². The molecule has 0 aliphatic carbocycles. The van der Waals surface area contributed by atoms with Crippen molar-refractivity contribution in [1.29, 1.82) is 0 Å². The quantitative estimate of drug-likeness (QED) is 0.487. The molecule has 3 rings (SSSR count). The number of ether oxygens (including phenoxy) is 1. The number of hydrogen-bond acceptors (Lipinski definition) is 5. The van der Waals surface area contributed by atoms with E-state index >= 15 is 0 Å². The van der Waals surface area contributed by atoms with Crippen molar-refractivity contribution in [3.05, 3.63) is 82.2 Å². The highest BCUT2D eigenvalue weighted by Gasteiger charge is 2.28. The van der Waals surface area contributed by atoms with Crippen molar-refractivity contribution >= 4 is 22.8 Å². The van der Waals surface area contributed by atoms with E-state index in [1.807, 2.05) is 51.1 Å². The number of benzene rings is 2. The highest BCUT2D eigenvalue weighted by Crippen LogP contribution is 2.18. The zero-order valence-electron chi connectivity index (χ0n) is 16.7. The second kappa shape index (κ2) is 8.31. The Morgan fingerprint density at radius 2 is 1.66 bits per heavy atom. The number of rotatable bonds is 5. The summed E-state index contributed by atoms with van der Waals surface area (Å²) < 4.78 is 10.3. The number of carbonyl (C=O) groups is 2. The first kappa shape index (κ1) is 20.3. The lowest BCUT2D eigenvalue weighted by molar-refractivity contribution is -0.140. The summed E-state index contributed by atoms with van der Waals surface area (Å²) in [4.78, 5) is 38.9. The van der Waals surface area contributed by atoms with Crippen molar-refractivity contribution < 1.29 is 18.7 Å². The van der Waals surface area contributed by atoms with Crippen LogP contribution in [0.15, 0.2) is 69.9 Å². The molecule has 0 fully saturated rings. The van der Waals surface area contributed by atoms with E-state index in [2.05, 4.69) is 0 Å². The maximum atomic E-state index is 12.8. The van der Waals surface area contributed by atoms with Gasteiger partial charge in [0.15, 0.2) is 6.61 Å². The van der Waals surface area contributed by atoms with Gasteiger partial charge in [-0.3, -0.25) is 4.79 Å². The molecule has 0 aliphatic rings. The zero-order chi connectivity index (χ0) is 21.0. The van der Waals surface area contributed by atoms with Gasteiger partial charge in [0, 0.05) is 17.5 Å². The number of hydrogen-bond donors (Lipinski definition) is 0. The second-order valence-corrected chi connectivity index (χ2v) is 7.70. The molecule has 29 heavy (non-hydrogen) atoms. The molecule has 150 valence electrons. The van der Waals surface area contributed by atoms with Crippen molar-refractivity contribution in [2.45, 2.75) is 32.9 Å². The van der Waals surface area contributed by atoms with Crippen molar-refractivity contribution in [2.75, 3.05) is 6.61 Å². The van der Waals surface area contributed by atoms with E-state index in [9.17, 15) is 14.4 Å². The van der Waals surface area contributed by atoms with Crippen LogP contribution in [0.25, 0.3) is 11.0 Å². The van der Waals surface area contributed by atoms with Crippen molar-refractivity contribution in [3.8, 4) is 0 Å². The van der Waals surface area contributed by atoms with Gasteiger partial charge in [-0.05, 0) is 38.5 Å². The molecule has 0 aliphatic heterocycles. The SMILES string of the molecule is CC(C)(C)N(Cc1ccccc1)C(=O)COC(=O)c1cc2ccccc2oc1=O. The van der Waals surface area contributed by atoms with E-state index in [0.717, 1.165) is 5.56 Å². The highest BCUT2D eigenvalue weighted by molar-refractivity contribution is 5.94. The number of amides is 1. The molecule has 0 unspecified atom stereocenters. The average molecular weight is 393 g/mol. The fourth-order valence-corrected chi connectivity index (χ4v) is 2.95. The molecular formula is C23H23NO5. The summed E-state index contributed by atoms with van der Waals surface area (Å²) in [6.07, 6.45) is 0. The highest BCUT2D eigenvalue weighted by atomic mass is 16.5. The zero-order valence-corrected chi connectivity index (χ0v) is 16.7. The van der Waals surface area contributed by atoms with E-state index in [-0.39, 0.29) is 11.5 Å². The van der Waals surface area contributed by atoms with E-state index in [1.165, 1.54) is 6.07 Å². The van der Waals surface area contributed by atoms with Gasteiger partial charge < -0.3 is 14.1 Å². The van der Waals surface area contributed by atoms with Gasteiger partial charge in [0.05, 0.1) is 0 Å². The Balaban J connectivity index is 1.73. The molecule has 0 N–H and O–H groups in total. The van der Waals surface area contributed by atoms with Crippen LogP contribution in [0.1, 0.15) is 36.7 Å². The Labute approximate surface area is 168 Å². The topological polar surface area (TPSA) is 76.8 Å². The Kier molecular flexibility index (Phi) is 5.82. The second-order valence-electron chi connectivity index (χ2n) is 7.70. The summed E-state index contributed by atoms with van der Waals surface area (Å²) in [6, 6.07) is 17.8. The molecule has 1 amide bonds. The summed E-state index contributed by atoms with van der Waals surface area (Å²) in [7, 11) is 0. The Morgan fingerprint density at radius 1 is 1.00 bits per heavy atom. The molecule has 0 radical (unpaired) electrons. The standard InChI is InChI=1S/C23H23NO5/c1-23(2,3)24(14-16-9-5-4-6-10-16)20(25)15-28-21(26)18-13-17-11-7-8-12-19(17)29-22(18)27/h4-13H,14-15H2,1-3H3. The van der Waals surface area contributed by atoms with E-state index < -0.39 is 23.7 Å². The smallest absolute Gasteiger partial charge is 0.351 e.